The van der Waals surface area contributed by atoms with Gasteiger partial charge in [-0.25, -0.2) is 0 Å². The molecule has 5 heteroatoms. The highest BCUT2D eigenvalue weighted by Gasteiger charge is 2.41. The van der Waals surface area contributed by atoms with Crippen LogP contribution < -0.4 is 21.5 Å². The van der Waals surface area contributed by atoms with Gasteiger partial charge in [0.15, 0.2) is 0 Å². The molecule has 0 bridgehead atoms. The van der Waals surface area contributed by atoms with Crippen LogP contribution in [0.2, 0.25) is 0 Å². The molecule has 4 nitrogen and oxygen atoms in total. The number of hydrogen-bond donors (Lipinski definition) is 0. The highest BCUT2D eigenvalue weighted by atomic mass is 79.9. The Kier molecular flexibility index (Phi) is 9.64. The Labute approximate surface area is 201 Å². The summed E-state index contributed by atoms with van der Waals surface area (Å²) in [5.74, 6) is -0.293. The Bertz CT molecular complexity index is 995. The minimum Gasteiger partial charge on any atom is -1.00 e. The number of hydrogen-bond acceptors (Lipinski definition) is 3. The van der Waals surface area contributed by atoms with Crippen molar-refractivity contribution >= 4 is 11.7 Å². The first-order valence-electron chi connectivity index (χ1n) is 10.6. The average Bonchev–Trinajstić information content (AvgIpc) is 2.78. The van der Waals surface area contributed by atoms with Crippen LogP contribution in [0.5, 0.6) is 0 Å². The lowest BCUT2D eigenvalue weighted by Gasteiger charge is -2.44. The molecule has 0 saturated carbocycles. The molecule has 0 amide bonds. The highest BCUT2D eigenvalue weighted by molar-refractivity contribution is 5.66. The molecule has 3 aromatic rings. The summed E-state index contributed by atoms with van der Waals surface area (Å²) < 4.78 is 5.91. The Hall–Kier alpha value is -2.94. The lowest BCUT2D eigenvalue weighted by Crippen LogP contribution is -3.00. The predicted molar refractivity (Wildman–Crippen MR) is 124 cm³/mol. The van der Waals surface area contributed by atoms with Crippen LogP contribution in [0.4, 0.5) is 5.69 Å². The van der Waals surface area contributed by atoms with Crippen molar-refractivity contribution in [2.45, 2.75) is 26.3 Å². The SMILES string of the molecule is CC(=O)OCC[N+](CCC#N)(c1cccc(C)c1)C(c1ccccc1)c1ccccc1.[Br-]. The van der Waals surface area contributed by atoms with Gasteiger partial charge in [0.2, 0.25) is 0 Å². The van der Waals surface area contributed by atoms with Gasteiger partial charge < -0.3 is 21.7 Å². The van der Waals surface area contributed by atoms with E-state index in [1.54, 1.807) is 0 Å². The minimum atomic E-state index is -0.293. The molecule has 1 unspecified atom stereocenters. The summed E-state index contributed by atoms with van der Waals surface area (Å²) in [5.41, 5.74) is 4.59. The fourth-order valence-electron chi connectivity index (χ4n) is 4.32. The van der Waals surface area contributed by atoms with E-state index in [0.717, 1.165) is 22.4 Å². The Morgan fingerprint density at radius 1 is 0.938 bits per heavy atom. The van der Waals surface area contributed by atoms with Crippen LogP contribution >= 0.6 is 0 Å². The van der Waals surface area contributed by atoms with Gasteiger partial charge in [0.05, 0.1) is 19.0 Å². The lowest BCUT2D eigenvalue weighted by atomic mass is 9.92. The summed E-state index contributed by atoms with van der Waals surface area (Å²) >= 11 is 0. The van der Waals surface area contributed by atoms with E-state index in [-0.39, 0.29) is 35.6 Å². The van der Waals surface area contributed by atoms with Crippen LogP contribution in [-0.4, -0.2) is 25.7 Å². The molecular weight excluding hydrogens is 464 g/mol. The van der Waals surface area contributed by atoms with E-state index in [0.29, 0.717) is 24.0 Å². The van der Waals surface area contributed by atoms with Gasteiger partial charge in [-0.1, -0.05) is 72.8 Å². The van der Waals surface area contributed by atoms with E-state index in [1.165, 1.54) is 6.92 Å². The second-order valence-corrected chi connectivity index (χ2v) is 7.79. The first-order chi connectivity index (χ1) is 15.1. The van der Waals surface area contributed by atoms with Crippen molar-refractivity contribution in [2.24, 2.45) is 0 Å². The number of quaternary nitrogens is 1. The summed E-state index contributed by atoms with van der Waals surface area (Å²) in [6.07, 6.45) is 0.393. The Morgan fingerprint density at radius 3 is 2.03 bits per heavy atom. The summed E-state index contributed by atoms with van der Waals surface area (Å²) in [4.78, 5) is 11.6. The molecule has 0 aromatic heterocycles. The number of carbonyl (C=O) groups is 1. The van der Waals surface area contributed by atoms with Crippen LogP contribution in [0.15, 0.2) is 84.9 Å². The van der Waals surface area contributed by atoms with E-state index in [4.69, 9.17) is 4.74 Å². The van der Waals surface area contributed by atoms with Crippen molar-refractivity contribution in [1.82, 2.24) is 4.48 Å². The molecular formula is C27H29BrN2O2. The maximum Gasteiger partial charge on any atom is 0.302 e. The fraction of sp³-hybridized carbons (Fsp3) is 0.259. The summed E-state index contributed by atoms with van der Waals surface area (Å²) in [6, 6.07) is 31.5. The maximum atomic E-state index is 11.6. The van der Waals surface area contributed by atoms with Crippen LogP contribution in [0.25, 0.3) is 0 Å². The van der Waals surface area contributed by atoms with Gasteiger partial charge in [0.1, 0.15) is 24.9 Å². The summed E-state index contributed by atoms with van der Waals surface area (Å²) in [6.45, 7) is 4.97. The number of nitriles is 1. The molecule has 0 radical (unpaired) electrons. The molecule has 0 aliphatic carbocycles. The van der Waals surface area contributed by atoms with E-state index < -0.39 is 0 Å². The zero-order valence-electron chi connectivity index (χ0n) is 18.6. The van der Waals surface area contributed by atoms with Crippen molar-refractivity contribution in [2.75, 3.05) is 19.7 Å². The molecule has 32 heavy (non-hydrogen) atoms. The normalized spacial score (nSPS) is 12.3. The minimum absolute atomic E-state index is 0. The van der Waals surface area contributed by atoms with Gasteiger partial charge in [0.25, 0.3) is 0 Å². The molecule has 166 valence electrons. The van der Waals surface area contributed by atoms with Gasteiger partial charge in [-0.3, -0.25) is 9.28 Å². The number of aryl methyl sites for hydroxylation is 1. The van der Waals surface area contributed by atoms with E-state index >= 15 is 0 Å². The predicted octanol–water partition coefficient (Wildman–Crippen LogP) is 2.57. The van der Waals surface area contributed by atoms with Gasteiger partial charge in [-0.15, -0.1) is 0 Å². The molecule has 3 rings (SSSR count). The van der Waals surface area contributed by atoms with Crippen LogP contribution in [0, 0.1) is 18.3 Å². The standard InChI is InChI=1S/C27H29N2O2.BrH/c1-22-11-9-16-26(21-22)29(18-10-17-28,19-20-31-23(2)30)27(24-12-5-3-6-13-24)25-14-7-4-8-15-25;/h3-9,11-16,21,27H,10,18-20H2,1-2H3;1H/q+1;/p-1. The third-order valence-corrected chi connectivity index (χ3v) is 5.66. The molecule has 0 spiro atoms. The van der Waals surface area contributed by atoms with E-state index in [9.17, 15) is 10.1 Å². The number of rotatable bonds is 9. The first kappa shape index (κ1) is 25.3. The molecule has 0 fully saturated rings. The van der Waals surface area contributed by atoms with E-state index in [2.05, 4.69) is 61.5 Å². The van der Waals surface area contributed by atoms with Crippen molar-refractivity contribution in [3.8, 4) is 6.07 Å². The molecule has 0 heterocycles. The molecule has 1 atom stereocenters. The third kappa shape index (κ3) is 6.06. The van der Waals surface area contributed by atoms with Gasteiger partial charge in [-0.2, -0.15) is 5.26 Å². The molecule has 0 N–H and O–H groups in total. The number of benzene rings is 3. The zero-order valence-corrected chi connectivity index (χ0v) is 20.2. The van der Waals surface area contributed by atoms with E-state index in [1.807, 2.05) is 36.4 Å². The number of nitrogens with zero attached hydrogens (tertiary/aromatic N) is 2. The number of carbonyl (C=O) groups excluding carboxylic acids is 1. The van der Waals surface area contributed by atoms with Gasteiger partial charge in [0, 0.05) is 24.1 Å². The molecule has 0 aliphatic rings. The first-order valence-corrected chi connectivity index (χ1v) is 10.6. The highest BCUT2D eigenvalue weighted by Crippen LogP contribution is 2.40. The summed E-state index contributed by atoms with van der Waals surface area (Å²) in [7, 11) is 0. The summed E-state index contributed by atoms with van der Waals surface area (Å²) in [5, 5.41) is 9.52. The number of esters is 1. The number of halogens is 1. The monoisotopic (exact) mass is 492 g/mol. The van der Waals surface area contributed by atoms with Crippen LogP contribution in [0.1, 0.15) is 36.1 Å². The molecule has 0 aliphatic heterocycles. The topological polar surface area (TPSA) is 50.1 Å². The van der Waals surface area contributed by atoms with Gasteiger partial charge >= 0.3 is 5.97 Å². The fourth-order valence-corrected chi connectivity index (χ4v) is 4.32. The zero-order chi connectivity index (χ0) is 22.1. The van der Waals surface area contributed by atoms with Gasteiger partial charge in [-0.05, 0) is 18.6 Å². The van der Waals surface area contributed by atoms with Crippen LogP contribution in [-0.2, 0) is 9.53 Å². The largest absolute Gasteiger partial charge is 1.00 e. The lowest BCUT2D eigenvalue weighted by molar-refractivity contribution is -0.141. The average molecular weight is 493 g/mol. The maximum absolute atomic E-state index is 11.6. The van der Waals surface area contributed by atoms with Crippen LogP contribution in [0.3, 0.4) is 0 Å². The quantitative estimate of drug-likeness (QED) is 0.340. The van der Waals surface area contributed by atoms with Crippen molar-refractivity contribution in [3.05, 3.63) is 102 Å². The molecule has 0 saturated heterocycles. The Balaban J connectivity index is 0.00000363. The van der Waals surface area contributed by atoms with Crippen molar-refractivity contribution in [3.63, 3.8) is 0 Å². The second-order valence-electron chi connectivity index (χ2n) is 7.79. The third-order valence-electron chi connectivity index (χ3n) is 5.66. The van der Waals surface area contributed by atoms with Crippen molar-refractivity contribution < 1.29 is 26.5 Å². The smallest absolute Gasteiger partial charge is 0.302 e. The second kappa shape index (κ2) is 12.2. The number of ether oxygens (including phenoxy) is 1. The van der Waals surface area contributed by atoms with Crippen molar-refractivity contribution in [1.29, 1.82) is 5.26 Å². The molecule has 3 aromatic carbocycles. The Morgan fingerprint density at radius 2 is 1.53 bits per heavy atom.